The van der Waals surface area contributed by atoms with E-state index in [2.05, 4.69) is 0 Å². The van der Waals surface area contributed by atoms with Gasteiger partial charge in [-0.25, -0.2) is 0 Å². The molecular formula is C18H29N3O3. The predicted octanol–water partition coefficient (Wildman–Crippen LogP) is -0.292. The molecule has 0 spiro atoms. The second kappa shape index (κ2) is 4.53. The number of carbonyl (C=O) groups excluding carboxylic acids is 1. The maximum atomic E-state index is 13.3. The molecule has 6 aliphatic rings. The number of fused-ring (bicyclic) bond motifs is 1. The van der Waals surface area contributed by atoms with Crippen LogP contribution < -0.4 is 11.5 Å². The highest BCUT2D eigenvalue weighted by Crippen LogP contribution is 2.64. The number of hydrogen-bond acceptors (Lipinski definition) is 5. The molecule has 6 fully saturated rings. The molecule has 24 heavy (non-hydrogen) atoms. The Bertz CT molecular complexity index is 578. The molecule has 6 heteroatoms. The lowest BCUT2D eigenvalue weighted by Gasteiger charge is -2.64. The van der Waals surface area contributed by atoms with Crippen LogP contribution in [0.15, 0.2) is 0 Å². The van der Waals surface area contributed by atoms with Gasteiger partial charge >= 0.3 is 0 Å². The summed E-state index contributed by atoms with van der Waals surface area (Å²) < 4.78 is 0. The summed E-state index contributed by atoms with van der Waals surface area (Å²) in [5.74, 6) is 0.900. The minimum atomic E-state index is -0.841. The highest BCUT2D eigenvalue weighted by Gasteiger charge is 2.66. The molecule has 1 heterocycles. The number of nitrogens with two attached hydrogens (primary N) is 2. The summed E-state index contributed by atoms with van der Waals surface area (Å²) >= 11 is 0. The van der Waals surface area contributed by atoms with Gasteiger partial charge in [-0.3, -0.25) is 4.79 Å². The van der Waals surface area contributed by atoms with Crippen LogP contribution >= 0.6 is 0 Å². The normalized spacial score (nSPS) is 55.6. The lowest BCUT2D eigenvalue weighted by Crippen LogP contribution is -2.69. The summed E-state index contributed by atoms with van der Waals surface area (Å²) in [6.07, 6.45) is 6.00. The first-order valence-corrected chi connectivity index (χ1v) is 9.49. The van der Waals surface area contributed by atoms with Gasteiger partial charge < -0.3 is 26.6 Å². The van der Waals surface area contributed by atoms with Crippen molar-refractivity contribution in [3.63, 3.8) is 0 Å². The Labute approximate surface area is 142 Å². The molecule has 6 rings (SSSR count). The Morgan fingerprint density at radius 1 is 1.12 bits per heavy atom. The van der Waals surface area contributed by atoms with Crippen molar-refractivity contribution in [2.45, 2.75) is 80.7 Å². The van der Waals surface area contributed by atoms with Crippen LogP contribution in [0.1, 0.15) is 51.4 Å². The fourth-order valence-corrected chi connectivity index (χ4v) is 7.29. The molecule has 6 N–H and O–H groups in total. The molecule has 0 aromatic rings. The molecule has 5 saturated carbocycles. The molecule has 0 aromatic heterocycles. The van der Waals surface area contributed by atoms with E-state index in [-0.39, 0.29) is 17.9 Å². The predicted molar refractivity (Wildman–Crippen MR) is 87.7 cm³/mol. The number of carbonyl (C=O) groups is 1. The van der Waals surface area contributed by atoms with Crippen LogP contribution in [-0.4, -0.2) is 56.9 Å². The largest absolute Gasteiger partial charge is 0.390 e. The van der Waals surface area contributed by atoms with Gasteiger partial charge in [-0.1, -0.05) is 0 Å². The molecule has 2 unspecified atom stereocenters. The molecule has 0 radical (unpaired) electrons. The highest BCUT2D eigenvalue weighted by molar-refractivity contribution is 5.84. The van der Waals surface area contributed by atoms with Gasteiger partial charge in [0.05, 0.1) is 17.2 Å². The molecule has 5 aliphatic carbocycles. The van der Waals surface area contributed by atoms with Crippen LogP contribution in [0, 0.1) is 17.3 Å². The van der Waals surface area contributed by atoms with Crippen LogP contribution in [0.4, 0.5) is 0 Å². The zero-order valence-corrected chi connectivity index (χ0v) is 14.2. The van der Waals surface area contributed by atoms with Crippen LogP contribution in [-0.2, 0) is 4.79 Å². The summed E-state index contributed by atoms with van der Waals surface area (Å²) in [7, 11) is 0. The van der Waals surface area contributed by atoms with Crippen molar-refractivity contribution in [1.29, 1.82) is 0 Å². The molecular weight excluding hydrogens is 306 g/mol. The van der Waals surface area contributed by atoms with E-state index in [1.54, 1.807) is 0 Å². The van der Waals surface area contributed by atoms with E-state index in [1.807, 2.05) is 4.90 Å². The molecule has 1 aliphatic heterocycles. The van der Waals surface area contributed by atoms with Crippen LogP contribution in [0.5, 0.6) is 0 Å². The molecule has 134 valence electrons. The monoisotopic (exact) mass is 335 g/mol. The summed E-state index contributed by atoms with van der Waals surface area (Å²) in [5.41, 5.74) is 10.3. The van der Waals surface area contributed by atoms with E-state index in [0.717, 1.165) is 32.1 Å². The van der Waals surface area contributed by atoms with Gasteiger partial charge in [0.15, 0.2) is 0 Å². The van der Waals surface area contributed by atoms with Crippen LogP contribution in [0.3, 0.4) is 0 Å². The minimum absolute atomic E-state index is 0.00426. The maximum absolute atomic E-state index is 13.3. The Morgan fingerprint density at radius 2 is 1.79 bits per heavy atom. The maximum Gasteiger partial charge on any atom is 0.240 e. The van der Waals surface area contributed by atoms with Crippen molar-refractivity contribution < 1.29 is 15.0 Å². The molecule has 0 aromatic carbocycles. The first kappa shape index (κ1) is 15.6. The third-order valence-electron chi connectivity index (χ3n) is 7.72. The number of aliphatic hydroxyl groups is 2. The third kappa shape index (κ3) is 2.00. The summed E-state index contributed by atoms with van der Waals surface area (Å²) in [5, 5.41) is 21.9. The summed E-state index contributed by atoms with van der Waals surface area (Å²) in [6, 6.07) is -0.183. The molecule has 6 nitrogen and oxygen atoms in total. The molecule has 1 saturated heterocycles. The van der Waals surface area contributed by atoms with Gasteiger partial charge in [0.2, 0.25) is 5.91 Å². The SMILES string of the molecule is NC[C@@H]1C[C@@H]2C[C@@H]2N1C(=O)[C@@H](N)C12CC3C[C@@](O)(C1)C[C@](O)(C3)C2. The average molecular weight is 335 g/mol. The van der Waals surface area contributed by atoms with E-state index >= 15 is 0 Å². The Hall–Kier alpha value is -0.690. The molecule has 8 atom stereocenters. The van der Waals surface area contributed by atoms with Crippen molar-refractivity contribution in [3.05, 3.63) is 0 Å². The smallest absolute Gasteiger partial charge is 0.240 e. The van der Waals surface area contributed by atoms with E-state index in [4.69, 9.17) is 11.5 Å². The number of likely N-dealkylation sites (tertiary alicyclic amines) is 1. The zero-order valence-electron chi connectivity index (χ0n) is 14.2. The second-order valence-corrected chi connectivity index (χ2v) is 9.73. The van der Waals surface area contributed by atoms with Crippen LogP contribution in [0.25, 0.3) is 0 Å². The van der Waals surface area contributed by atoms with E-state index < -0.39 is 22.7 Å². The Kier molecular flexibility index (Phi) is 2.93. The average Bonchev–Trinajstić information content (AvgIpc) is 3.12. The standard InChI is InChI=1S/C18H29N3O3/c19-6-12-1-11-2-13(11)21(12)15(22)14(20)16-3-10-4-17(23,7-16)9-18(24,5-10)8-16/h10-14,23-24H,1-9,19-20H2/t10?,11-,12+,13+,14-,16?,17-,18+/m1/s1. The number of amides is 1. The van der Waals surface area contributed by atoms with E-state index in [1.165, 1.54) is 0 Å². The second-order valence-electron chi connectivity index (χ2n) is 9.73. The van der Waals surface area contributed by atoms with Crippen molar-refractivity contribution in [2.24, 2.45) is 28.7 Å². The van der Waals surface area contributed by atoms with Gasteiger partial charge in [0.1, 0.15) is 0 Å². The first-order valence-electron chi connectivity index (χ1n) is 9.49. The van der Waals surface area contributed by atoms with Gasteiger partial charge in [0.25, 0.3) is 0 Å². The van der Waals surface area contributed by atoms with Crippen molar-refractivity contribution in [3.8, 4) is 0 Å². The molecule has 1 amide bonds. The topological polar surface area (TPSA) is 113 Å². The third-order valence-corrected chi connectivity index (χ3v) is 7.72. The quantitative estimate of drug-likeness (QED) is 0.566. The summed E-state index contributed by atoms with van der Waals surface area (Å²) in [6.45, 7) is 0.495. The number of hydrogen-bond donors (Lipinski definition) is 4. The highest BCUT2D eigenvalue weighted by atomic mass is 16.3. The number of nitrogens with zero attached hydrogens (tertiary/aromatic N) is 1. The fourth-order valence-electron chi connectivity index (χ4n) is 7.29. The lowest BCUT2D eigenvalue weighted by atomic mass is 9.44. The molecule has 4 bridgehead atoms. The van der Waals surface area contributed by atoms with Crippen LogP contribution in [0.2, 0.25) is 0 Å². The Balaban J connectivity index is 1.44. The van der Waals surface area contributed by atoms with Gasteiger partial charge in [-0.15, -0.1) is 0 Å². The van der Waals surface area contributed by atoms with Gasteiger partial charge in [-0.05, 0) is 56.8 Å². The van der Waals surface area contributed by atoms with Gasteiger partial charge in [0, 0.05) is 30.5 Å². The fraction of sp³-hybridized carbons (Fsp3) is 0.944. The van der Waals surface area contributed by atoms with Crippen molar-refractivity contribution in [2.75, 3.05) is 6.54 Å². The van der Waals surface area contributed by atoms with Gasteiger partial charge in [-0.2, -0.15) is 0 Å². The lowest BCUT2D eigenvalue weighted by molar-refractivity contribution is -0.234. The first-order chi connectivity index (χ1) is 11.3. The number of rotatable bonds is 3. The van der Waals surface area contributed by atoms with Crippen molar-refractivity contribution >= 4 is 5.91 Å². The van der Waals surface area contributed by atoms with E-state index in [0.29, 0.717) is 37.8 Å². The minimum Gasteiger partial charge on any atom is -0.390 e. The summed E-state index contributed by atoms with van der Waals surface area (Å²) in [4.78, 5) is 15.2. The zero-order chi connectivity index (χ0) is 16.9. The Morgan fingerprint density at radius 3 is 2.38 bits per heavy atom. The number of piperidine rings is 1. The van der Waals surface area contributed by atoms with E-state index in [9.17, 15) is 15.0 Å². The van der Waals surface area contributed by atoms with Crippen molar-refractivity contribution in [1.82, 2.24) is 4.90 Å².